The van der Waals surface area contributed by atoms with Gasteiger partial charge in [-0.25, -0.2) is 0 Å². The van der Waals surface area contributed by atoms with Crippen molar-refractivity contribution in [2.75, 3.05) is 12.4 Å². The van der Waals surface area contributed by atoms with Crippen molar-refractivity contribution in [1.82, 2.24) is 5.32 Å². The van der Waals surface area contributed by atoms with Crippen molar-refractivity contribution in [2.24, 2.45) is 23.2 Å². The van der Waals surface area contributed by atoms with E-state index < -0.39 is 0 Å². The van der Waals surface area contributed by atoms with E-state index in [1.807, 2.05) is 0 Å². The summed E-state index contributed by atoms with van der Waals surface area (Å²) in [6.07, 6.45) is 14.0. The Morgan fingerprint density at radius 3 is 2.43 bits per heavy atom. The molecule has 3 atom stereocenters. The maximum absolute atomic E-state index is 12.5. The molecular formula is C18H30ClNO. The molecule has 21 heavy (non-hydrogen) atoms. The van der Waals surface area contributed by atoms with Gasteiger partial charge in [0.15, 0.2) is 0 Å². The lowest BCUT2D eigenvalue weighted by molar-refractivity contribution is -0.127. The minimum Gasteiger partial charge on any atom is -0.355 e. The van der Waals surface area contributed by atoms with Crippen LogP contribution in [-0.4, -0.2) is 18.3 Å². The smallest absolute Gasteiger partial charge is 0.223 e. The first-order valence-electron chi connectivity index (χ1n) is 9.06. The summed E-state index contributed by atoms with van der Waals surface area (Å²) in [6, 6.07) is 0. The highest BCUT2D eigenvalue weighted by Gasteiger charge is 2.37. The molecule has 3 fully saturated rings. The average molecular weight is 312 g/mol. The molecule has 0 aromatic carbocycles. The van der Waals surface area contributed by atoms with Crippen molar-refractivity contribution in [3.05, 3.63) is 0 Å². The molecule has 0 aliphatic heterocycles. The number of hydrogen-bond donors (Lipinski definition) is 1. The molecule has 2 nitrogen and oxygen atoms in total. The molecule has 3 saturated carbocycles. The van der Waals surface area contributed by atoms with Crippen LogP contribution in [0.15, 0.2) is 0 Å². The number of alkyl halides is 1. The lowest BCUT2D eigenvalue weighted by Gasteiger charge is -2.39. The van der Waals surface area contributed by atoms with Crippen LogP contribution in [0.5, 0.6) is 0 Å². The van der Waals surface area contributed by atoms with Gasteiger partial charge in [-0.2, -0.15) is 0 Å². The molecular weight excluding hydrogens is 282 g/mol. The first-order valence-corrected chi connectivity index (χ1v) is 9.60. The van der Waals surface area contributed by atoms with Gasteiger partial charge in [0, 0.05) is 23.8 Å². The second-order valence-corrected chi connectivity index (χ2v) is 8.14. The van der Waals surface area contributed by atoms with Crippen LogP contribution in [0.3, 0.4) is 0 Å². The van der Waals surface area contributed by atoms with Crippen molar-refractivity contribution < 1.29 is 4.79 Å². The number of nitrogens with one attached hydrogen (secondary N) is 1. The van der Waals surface area contributed by atoms with Gasteiger partial charge >= 0.3 is 0 Å². The predicted octanol–water partition coefficient (Wildman–Crippen LogP) is 4.51. The Morgan fingerprint density at radius 2 is 1.71 bits per heavy atom. The molecule has 3 aliphatic rings. The number of rotatable bonds is 4. The fraction of sp³-hybridized carbons (Fsp3) is 0.944. The Morgan fingerprint density at radius 1 is 1.00 bits per heavy atom. The van der Waals surface area contributed by atoms with Crippen molar-refractivity contribution in [2.45, 2.75) is 70.6 Å². The largest absolute Gasteiger partial charge is 0.355 e. The summed E-state index contributed by atoms with van der Waals surface area (Å²) < 4.78 is 0. The molecule has 0 saturated heterocycles. The first kappa shape index (κ1) is 15.6. The topological polar surface area (TPSA) is 29.1 Å². The molecule has 3 rings (SSSR count). The number of halogens is 1. The number of amides is 1. The summed E-state index contributed by atoms with van der Waals surface area (Å²) in [5.74, 6) is 3.04. The van der Waals surface area contributed by atoms with Crippen LogP contribution in [0.4, 0.5) is 0 Å². The van der Waals surface area contributed by atoms with Crippen LogP contribution >= 0.6 is 11.6 Å². The summed E-state index contributed by atoms with van der Waals surface area (Å²) in [5.41, 5.74) is 0.194. The van der Waals surface area contributed by atoms with Gasteiger partial charge in [0.1, 0.15) is 0 Å². The zero-order valence-electron chi connectivity index (χ0n) is 13.2. The van der Waals surface area contributed by atoms with Gasteiger partial charge in [-0.1, -0.05) is 38.5 Å². The van der Waals surface area contributed by atoms with Gasteiger partial charge in [0.05, 0.1) is 0 Å². The van der Waals surface area contributed by atoms with E-state index in [2.05, 4.69) is 5.32 Å². The Balaban J connectivity index is 1.49. The highest BCUT2D eigenvalue weighted by atomic mass is 35.5. The van der Waals surface area contributed by atoms with E-state index in [-0.39, 0.29) is 11.3 Å². The second kappa shape index (κ2) is 6.89. The zero-order valence-corrected chi connectivity index (χ0v) is 14.0. The standard InChI is InChI=1S/C18H30ClNO/c19-12-18(9-3-4-10-18)13-20-17(21)16-8-7-14-5-1-2-6-15(14)11-16/h14-16H,1-13H2,(H,20,21). The lowest BCUT2D eigenvalue weighted by atomic mass is 9.67. The monoisotopic (exact) mass is 311 g/mol. The molecule has 3 unspecified atom stereocenters. The molecule has 0 radical (unpaired) electrons. The van der Waals surface area contributed by atoms with Crippen LogP contribution in [0.2, 0.25) is 0 Å². The van der Waals surface area contributed by atoms with Gasteiger partial charge in [-0.05, 0) is 43.9 Å². The van der Waals surface area contributed by atoms with Crippen molar-refractivity contribution in [1.29, 1.82) is 0 Å². The molecule has 0 heterocycles. The van der Waals surface area contributed by atoms with E-state index in [9.17, 15) is 4.79 Å². The number of carbonyl (C=O) groups excluding carboxylic acids is 1. The van der Waals surface area contributed by atoms with Crippen LogP contribution in [-0.2, 0) is 4.79 Å². The second-order valence-electron chi connectivity index (χ2n) is 7.87. The first-order chi connectivity index (χ1) is 10.2. The van der Waals surface area contributed by atoms with Gasteiger partial charge in [-0.3, -0.25) is 4.79 Å². The minimum absolute atomic E-state index is 0.194. The maximum Gasteiger partial charge on any atom is 0.223 e. The summed E-state index contributed by atoms with van der Waals surface area (Å²) >= 11 is 6.17. The van der Waals surface area contributed by atoms with Gasteiger partial charge in [-0.15, -0.1) is 11.6 Å². The number of fused-ring (bicyclic) bond motifs is 1. The van der Waals surface area contributed by atoms with E-state index in [1.54, 1.807) is 0 Å². The molecule has 0 spiro atoms. The maximum atomic E-state index is 12.5. The molecule has 1 N–H and O–H groups in total. The number of carbonyl (C=O) groups is 1. The van der Waals surface area contributed by atoms with Crippen molar-refractivity contribution in [3.8, 4) is 0 Å². The highest BCUT2D eigenvalue weighted by Crippen LogP contribution is 2.43. The molecule has 3 aliphatic carbocycles. The van der Waals surface area contributed by atoms with Crippen LogP contribution in [0.1, 0.15) is 70.6 Å². The Bertz CT molecular complexity index is 364. The van der Waals surface area contributed by atoms with E-state index in [0.717, 1.165) is 31.2 Å². The Labute approximate surface area is 134 Å². The third kappa shape index (κ3) is 3.57. The van der Waals surface area contributed by atoms with E-state index in [0.29, 0.717) is 11.8 Å². The van der Waals surface area contributed by atoms with Gasteiger partial charge < -0.3 is 5.32 Å². The third-order valence-electron chi connectivity index (χ3n) is 6.50. The normalized spacial score (nSPS) is 35.2. The van der Waals surface area contributed by atoms with Gasteiger partial charge in [0.25, 0.3) is 0 Å². The fourth-order valence-electron chi connectivity index (χ4n) is 5.01. The average Bonchev–Trinajstić information content (AvgIpc) is 3.01. The molecule has 0 aromatic rings. The molecule has 0 aromatic heterocycles. The van der Waals surface area contributed by atoms with E-state index in [1.165, 1.54) is 57.8 Å². The molecule has 1 amide bonds. The van der Waals surface area contributed by atoms with Crippen LogP contribution in [0.25, 0.3) is 0 Å². The van der Waals surface area contributed by atoms with Gasteiger partial charge in [0.2, 0.25) is 5.91 Å². The summed E-state index contributed by atoms with van der Waals surface area (Å²) in [5, 5.41) is 3.26. The third-order valence-corrected chi connectivity index (χ3v) is 7.06. The minimum atomic E-state index is 0.194. The lowest BCUT2D eigenvalue weighted by Crippen LogP contribution is -2.42. The molecule has 120 valence electrons. The predicted molar refractivity (Wildman–Crippen MR) is 87.4 cm³/mol. The summed E-state index contributed by atoms with van der Waals surface area (Å²) in [7, 11) is 0. The SMILES string of the molecule is O=C(NCC1(CCl)CCCC1)C1CCC2CCCCC2C1. The van der Waals surface area contributed by atoms with Crippen LogP contribution in [0, 0.1) is 23.2 Å². The van der Waals surface area contributed by atoms with E-state index >= 15 is 0 Å². The fourth-order valence-corrected chi connectivity index (χ4v) is 5.37. The highest BCUT2D eigenvalue weighted by molar-refractivity contribution is 6.18. The van der Waals surface area contributed by atoms with E-state index in [4.69, 9.17) is 11.6 Å². The summed E-state index contributed by atoms with van der Waals surface area (Å²) in [6.45, 7) is 0.805. The quantitative estimate of drug-likeness (QED) is 0.760. The molecule has 0 bridgehead atoms. The number of hydrogen-bond acceptors (Lipinski definition) is 1. The van der Waals surface area contributed by atoms with Crippen molar-refractivity contribution in [3.63, 3.8) is 0 Å². The van der Waals surface area contributed by atoms with Crippen molar-refractivity contribution >= 4 is 17.5 Å². The summed E-state index contributed by atoms with van der Waals surface area (Å²) in [4.78, 5) is 12.5. The Kier molecular flexibility index (Phi) is 5.14. The van der Waals surface area contributed by atoms with Crippen LogP contribution < -0.4 is 5.32 Å². The molecule has 3 heteroatoms. The Hall–Kier alpha value is -0.240. The zero-order chi connectivity index (χ0) is 14.7.